The van der Waals surface area contributed by atoms with Crippen molar-refractivity contribution in [3.05, 3.63) is 65.0 Å². The van der Waals surface area contributed by atoms with Gasteiger partial charge in [-0.1, -0.05) is 24.3 Å². The number of hydrogen-bond donors (Lipinski definition) is 2. The monoisotopic (exact) mass is 392 g/mol. The highest BCUT2D eigenvalue weighted by Crippen LogP contribution is 2.28. The molecule has 0 saturated heterocycles. The third-order valence-electron chi connectivity index (χ3n) is 4.74. The molecule has 1 aromatic heterocycles. The molecule has 2 N–H and O–H groups in total. The fraction of sp³-hybridized carbons (Fsp3) is 0.304. The standard InChI is InChI=1S/C23H28N4O2/c1-15-7-6-8-16(2)23(15)27-22-14-21(25-17(3)26-22)24-12-11-18-9-10-19(28-4)20(13-18)29-5/h6-10,13-14H,11-12H2,1-5H3,(H2,24,25,26,27). The van der Waals surface area contributed by atoms with E-state index in [4.69, 9.17) is 9.47 Å². The molecular formula is C23H28N4O2. The summed E-state index contributed by atoms with van der Waals surface area (Å²) < 4.78 is 10.7. The number of anilines is 3. The van der Waals surface area contributed by atoms with Crippen LogP contribution in [0.3, 0.4) is 0 Å². The lowest BCUT2D eigenvalue weighted by molar-refractivity contribution is 0.354. The quantitative estimate of drug-likeness (QED) is 0.573. The summed E-state index contributed by atoms with van der Waals surface area (Å²) in [7, 11) is 3.29. The average Bonchev–Trinajstić information content (AvgIpc) is 2.70. The second-order valence-electron chi connectivity index (χ2n) is 6.94. The van der Waals surface area contributed by atoms with E-state index in [0.717, 1.165) is 53.2 Å². The van der Waals surface area contributed by atoms with Crippen molar-refractivity contribution in [3.63, 3.8) is 0 Å². The number of methoxy groups -OCH3 is 2. The van der Waals surface area contributed by atoms with Crippen LogP contribution in [0.15, 0.2) is 42.5 Å². The first-order valence-electron chi connectivity index (χ1n) is 9.64. The normalized spacial score (nSPS) is 10.5. The zero-order valence-electron chi connectivity index (χ0n) is 17.7. The molecule has 0 bridgehead atoms. The minimum atomic E-state index is 0.717. The van der Waals surface area contributed by atoms with Crippen LogP contribution < -0.4 is 20.1 Å². The fourth-order valence-electron chi connectivity index (χ4n) is 3.23. The molecule has 3 aromatic rings. The van der Waals surface area contributed by atoms with Crippen LogP contribution in [-0.2, 0) is 6.42 Å². The first-order chi connectivity index (χ1) is 14.0. The van der Waals surface area contributed by atoms with E-state index in [0.29, 0.717) is 0 Å². The van der Waals surface area contributed by atoms with Gasteiger partial charge in [-0.3, -0.25) is 0 Å². The van der Waals surface area contributed by atoms with Crippen molar-refractivity contribution in [3.8, 4) is 11.5 Å². The van der Waals surface area contributed by atoms with Gasteiger partial charge in [0.15, 0.2) is 11.5 Å². The molecule has 29 heavy (non-hydrogen) atoms. The van der Waals surface area contributed by atoms with Crippen molar-refractivity contribution in [1.29, 1.82) is 0 Å². The number of nitrogens with one attached hydrogen (secondary N) is 2. The molecule has 152 valence electrons. The van der Waals surface area contributed by atoms with Gasteiger partial charge in [-0.15, -0.1) is 0 Å². The lowest BCUT2D eigenvalue weighted by atomic mass is 10.1. The van der Waals surface area contributed by atoms with Gasteiger partial charge in [0, 0.05) is 18.3 Å². The molecule has 0 aliphatic carbocycles. The smallest absolute Gasteiger partial charge is 0.160 e. The predicted molar refractivity (Wildman–Crippen MR) is 118 cm³/mol. The summed E-state index contributed by atoms with van der Waals surface area (Å²) in [5.74, 6) is 3.77. The molecule has 6 heteroatoms. The molecule has 0 spiro atoms. The van der Waals surface area contributed by atoms with E-state index in [9.17, 15) is 0 Å². The Hall–Kier alpha value is -3.28. The lowest BCUT2D eigenvalue weighted by Gasteiger charge is -2.14. The Morgan fingerprint density at radius 2 is 1.52 bits per heavy atom. The van der Waals surface area contributed by atoms with Gasteiger partial charge in [0.2, 0.25) is 0 Å². The van der Waals surface area contributed by atoms with Gasteiger partial charge in [0.1, 0.15) is 17.5 Å². The van der Waals surface area contributed by atoms with E-state index in [1.54, 1.807) is 14.2 Å². The molecule has 0 fully saturated rings. The minimum absolute atomic E-state index is 0.717. The number of ether oxygens (including phenoxy) is 2. The number of rotatable bonds is 8. The molecule has 0 amide bonds. The van der Waals surface area contributed by atoms with E-state index in [1.165, 1.54) is 11.1 Å². The molecule has 0 radical (unpaired) electrons. The highest BCUT2D eigenvalue weighted by Gasteiger charge is 2.07. The maximum absolute atomic E-state index is 5.37. The molecule has 0 saturated carbocycles. The Bertz CT molecular complexity index is 968. The summed E-state index contributed by atoms with van der Waals surface area (Å²) in [4.78, 5) is 9.03. The van der Waals surface area contributed by atoms with Gasteiger partial charge >= 0.3 is 0 Å². The summed E-state index contributed by atoms with van der Waals surface area (Å²) in [5, 5.41) is 6.83. The Labute approximate surface area is 172 Å². The number of para-hydroxylation sites is 1. The maximum Gasteiger partial charge on any atom is 0.160 e. The Kier molecular flexibility index (Phi) is 6.54. The van der Waals surface area contributed by atoms with Crippen molar-refractivity contribution in [2.24, 2.45) is 0 Å². The molecular weight excluding hydrogens is 364 g/mol. The van der Waals surface area contributed by atoms with Crippen LogP contribution in [0.2, 0.25) is 0 Å². The first-order valence-corrected chi connectivity index (χ1v) is 9.64. The number of benzene rings is 2. The molecule has 0 aliphatic heterocycles. The first kappa shape index (κ1) is 20.5. The molecule has 0 unspecified atom stereocenters. The minimum Gasteiger partial charge on any atom is -0.493 e. The van der Waals surface area contributed by atoms with Crippen molar-refractivity contribution >= 4 is 17.3 Å². The zero-order chi connectivity index (χ0) is 20.8. The van der Waals surface area contributed by atoms with Crippen LogP contribution >= 0.6 is 0 Å². The molecule has 0 atom stereocenters. The van der Waals surface area contributed by atoms with E-state index in [-0.39, 0.29) is 0 Å². The maximum atomic E-state index is 5.37. The summed E-state index contributed by atoms with van der Waals surface area (Å²) in [6.07, 6.45) is 0.836. The van der Waals surface area contributed by atoms with Crippen LogP contribution in [0.4, 0.5) is 17.3 Å². The van der Waals surface area contributed by atoms with Crippen LogP contribution in [0.25, 0.3) is 0 Å². The zero-order valence-corrected chi connectivity index (χ0v) is 17.7. The molecule has 1 heterocycles. The number of aromatic nitrogens is 2. The summed E-state index contributed by atoms with van der Waals surface area (Å²) in [5.41, 5.74) is 4.62. The molecule has 6 nitrogen and oxygen atoms in total. The predicted octanol–water partition coefficient (Wildman–Crippen LogP) is 4.82. The topological polar surface area (TPSA) is 68.3 Å². The van der Waals surface area contributed by atoms with Crippen LogP contribution in [-0.4, -0.2) is 30.7 Å². The van der Waals surface area contributed by atoms with Gasteiger partial charge in [0.25, 0.3) is 0 Å². The number of aryl methyl sites for hydroxylation is 3. The highest BCUT2D eigenvalue weighted by atomic mass is 16.5. The van der Waals surface area contributed by atoms with Crippen molar-refractivity contribution < 1.29 is 9.47 Å². The van der Waals surface area contributed by atoms with Gasteiger partial charge in [-0.05, 0) is 56.0 Å². The molecule has 0 aliphatic rings. The Balaban J connectivity index is 1.68. The van der Waals surface area contributed by atoms with Gasteiger partial charge in [0.05, 0.1) is 14.2 Å². The Morgan fingerprint density at radius 1 is 0.828 bits per heavy atom. The highest BCUT2D eigenvalue weighted by molar-refractivity contribution is 5.65. The van der Waals surface area contributed by atoms with Crippen molar-refractivity contribution in [2.45, 2.75) is 27.2 Å². The van der Waals surface area contributed by atoms with Crippen molar-refractivity contribution in [1.82, 2.24) is 9.97 Å². The summed E-state index contributed by atoms with van der Waals surface area (Å²) >= 11 is 0. The largest absolute Gasteiger partial charge is 0.493 e. The summed E-state index contributed by atoms with van der Waals surface area (Å²) in [6, 6.07) is 14.1. The van der Waals surface area contributed by atoms with Crippen molar-refractivity contribution in [2.75, 3.05) is 31.4 Å². The van der Waals surface area contributed by atoms with E-state index >= 15 is 0 Å². The fourth-order valence-corrected chi connectivity index (χ4v) is 3.23. The van der Waals surface area contributed by atoms with Crippen LogP contribution in [0.1, 0.15) is 22.5 Å². The SMILES string of the molecule is COc1ccc(CCNc2cc(Nc3c(C)cccc3C)nc(C)n2)cc1OC. The average molecular weight is 393 g/mol. The third-order valence-corrected chi connectivity index (χ3v) is 4.74. The number of hydrogen-bond acceptors (Lipinski definition) is 6. The van der Waals surface area contributed by atoms with Crippen LogP contribution in [0, 0.1) is 20.8 Å². The number of nitrogens with zero attached hydrogens (tertiary/aromatic N) is 2. The van der Waals surface area contributed by atoms with Crippen LogP contribution in [0.5, 0.6) is 11.5 Å². The molecule has 2 aromatic carbocycles. The second-order valence-corrected chi connectivity index (χ2v) is 6.94. The van der Waals surface area contributed by atoms with Gasteiger partial charge in [-0.2, -0.15) is 0 Å². The second kappa shape index (κ2) is 9.28. The Morgan fingerprint density at radius 3 is 2.21 bits per heavy atom. The lowest BCUT2D eigenvalue weighted by Crippen LogP contribution is -2.09. The summed E-state index contributed by atoms with van der Waals surface area (Å²) in [6.45, 7) is 6.82. The van der Waals surface area contributed by atoms with Gasteiger partial charge < -0.3 is 20.1 Å². The van der Waals surface area contributed by atoms with E-state index in [1.807, 2.05) is 31.2 Å². The van der Waals surface area contributed by atoms with E-state index in [2.05, 4.69) is 52.6 Å². The molecule has 3 rings (SSSR count). The third kappa shape index (κ3) is 5.16. The van der Waals surface area contributed by atoms with E-state index < -0.39 is 0 Å². The van der Waals surface area contributed by atoms with Gasteiger partial charge in [-0.25, -0.2) is 9.97 Å².